The van der Waals surface area contributed by atoms with Crippen molar-refractivity contribution in [2.24, 2.45) is 0 Å². The quantitative estimate of drug-likeness (QED) is 0.544. The summed E-state index contributed by atoms with van der Waals surface area (Å²) in [6, 6.07) is 8.98. The van der Waals surface area contributed by atoms with E-state index < -0.39 is 0 Å². The highest BCUT2D eigenvalue weighted by Crippen LogP contribution is 2.33. The minimum Gasteiger partial charge on any atom is -0.497 e. The van der Waals surface area contributed by atoms with Crippen LogP contribution in [0.4, 0.5) is 5.69 Å². The summed E-state index contributed by atoms with van der Waals surface area (Å²) in [6.45, 7) is 2.36. The van der Waals surface area contributed by atoms with E-state index in [0.29, 0.717) is 28.7 Å². The van der Waals surface area contributed by atoms with E-state index >= 15 is 0 Å². The molecular formula is C21H22ClNO5. The van der Waals surface area contributed by atoms with Gasteiger partial charge < -0.3 is 23.9 Å². The largest absolute Gasteiger partial charge is 0.497 e. The van der Waals surface area contributed by atoms with E-state index in [-0.39, 0.29) is 19.0 Å². The zero-order chi connectivity index (χ0) is 20.1. The highest BCUT2D eigenvalue weighted by atomic mass is 35.5. The maximum Gasteiger partial charge on any atom is 0.310 e. The van der Waals surface area contributed by atoms with Crippen LogP contribution in [0.15, 0.2) is 41.0 Å². The highest BCUT2D eigenvalue weighted by Gasteiger charge is 2.15. The third kappa shape index (κ3) is 4.34. The molecule has 0 atom stereocenters. The SMILES string of the molecule is CCOC(=O)Cc1ccc(OC)cc1OCc1coc2c(NC)cc(Cl)cc12. The molecule has 1 heterocycles. The Morgan fingerprint density at radius 2 is 2.04 bits per heavy atom. The standard InChI is InChI=1S/C21H22ClNO5/c1-4-26-20(24)7-13-5-6-16(25-3)10-19(13)27-11-14-12-28-21-17(14)8-15(22)9-18(21)23-2/h5-6,8-10,12,23H,4,7,11H2,1-3H3. The van der Waals surface area contributed by atoms with E-state index in [2.05, 4.69) is 5.32 Å². The molecule has 0 aliphatic carbocycles. The van der Waals surface area contributed by atoms with Crippen molar-refractivity contribution < 1.29 is 23.4 Å². The van der Waals surface area contributed by atoms with Gasteiger partial charge in [0.1, 0.15) is 18.1 Å². The zero-order valence-electron chi connectivity index (χ0n) is 16.0. The molecule has 0 aliphatic heterocycles. The van der Waals surface area contributed by atoms with Gasteiger partial charge >= 0.3 is 5.97 Å². The number of carbonyl (C=O) groups excluding carboxylic acids is 1. The summed E-state index contributed by atoms with van der Waals surface area (Å²) in [7, 11) is 3.39. The van der Waals surface area contributed by atoms with Crippen molar-refractivity contribution in [1.82, 2.24) is 0 Å². The third-order valence-electron chi connectivity index (χ3n) is 4.29. The maximum absolute atomic E-state index is 11.9. The molecule has 7 heteroatoms. The van der Waals surface area contributed by atoms with E-state index in [4.69, 9.17) is 30.2 Å². The Labute approximate surface area is 168 Å². The average molecular weight is 404 g/mol. The van der Waals surface area contributed by atoms with Gasteiger partial charge in [-0.15, -0.1) is 0 Å². The van der Waals surface area contributed by atoms with Gasteiger partial charge in [-0.3, -0.25) is 4.79 Å². The number of hydrogen-bond donors (Lipinski definition) is 1. The number of furan rings is 1. The number of ether oxygens (including phenoxy) is 3. The van der Waals surface area contributed by atoms with Crippen LogP contribution in [0.2, 0.25) is 5.02 Å². The smallest absolute Gasteiger partial charge is 0.310 e. The molecule has 2 aromatic carbocycles. The molecular weight excluding hydrogens is 382 g/mol. The number of esters is 1. The average Bonchev–Trinajstić information content (AvgIpc) is 3.09. The van der Waals surface area contributed by atoms with Crippen molar-refractivity contribution in [3.63, 3.8) is 0 Å². The van der Waals surface area contributed by atoms with Gasteiger partial charge in [-0.2, -0.15) is 0 Å². The third-order valence-corrected chi connectivity index (χ3v) is 4.50. The minimum absolute atomic E-state index is 0.120. The minimum atomic E-state index is -0.309. The number of anilines is 1. The second kappa shape index (κ2) is 8.89. The fraction of sp³-hybridized carbons (Fsp3) is 0.286. The van der Waals surface area contributed by atoms with Crippen LogP contribution in [-0.2, 0) is 22.6 Å². The molecule has 28 heavy (non-hydrogen) atoms. The van der Waals surface area contributed by atoms with E-state index in [1.807, 2.05) is 13.1 Å². The van der Waals surface area contributed by atoms with Crippen molar-refractivity contribution in [2.45, 2.75) is 20.0 Å². The summed E-state index contributed by atoms with van der Waals surface area (Å²) in [5, 5.41) is 4.54. The molecule has 0 unspecified atom stereocenters. The first-order valence-corrected chi connectivity index (χ1v) is 9.26. The fourth-order valence-corrected chi connectivity index (χ4v) is 3.13. The van der Waals surface area contributed by atoms with Crippen molar-refractivity contribution in [2.75, 3.05) is 26.1 Å². The molecule has 6 nitrogen and oxygen atoms in total. The predicted octanol–water partition coefficient (Wildman–Crippen LogP) is 4.82. The number of hydrogen-bond acceptors (Lipinski definition) is 6. The number of methoxy groups -OCH3 is 1. The monoisotopic (exact) mass is 403 g/mol. The molecule has 0 saturated heterocycles. The van der Waals surface area contributed by atoms with Gasteiger partial charge in [-0.1, -0.05) is 17.7 Å². The van der Waals surface area contributed by atoms with Crippen molar-refractivity contribution in [3.8, 4) is 11.5 Å². The Hall–Kier alpha value is -2.86. The topological polar surface area (TPSA) is 69.9 Å². The van der Waals surface area contributed by atoms with Gasteiger partial charge in [0.2, 0.25) is 0 Å². The summed E-state index contributed by atoms with van der Waals surface area (Å²) < 4.78 is 22.0. The number of rotatable bonds is 8. The van der Waals surface area contributed by atoms with Crippen molar-refractivity contribution in [1.29, 1.82) is 0 Å². The van der Waals surface area contributed by atoms with Gasteiger partial charge in [0.15, 0.2) is 5.58 Å². The highest BCUT2D eigenvalue weighted by molar-refractivity contribution is 6.31. The van der Waals surface area contributed by atoms with E-state index in [1.165, 1.54) is 0 Å². The Balaban J connectivity index is 1.86. The molecule has 0 amide bonds. The lowest BCUT2D eigenvalue weighted by Gasteiger charge is -2.12. The Morgan fingerprint density at radius 3 is 2.75 bits per heavy atom. The summed E-state index contributed by atoms with van der Waals surface area (Å²) in [5.74, 6) is 0.884. The second-order valence-electron chi connectivity index (χ2n) is 6.09. The summed E-state index contributed by atoms with van der Waals surface area (Å²) in [5.41, 5.74) is 3.08. The van der Waals surface area contributed by atoms with Crippen LogP contribution in [0.25, 0.3) is 11.0 Å². The molecule has 0 aliphatic rings. The molecule has 0 fully saturated rings. The normalized spacial score (nSPS) is 10.7. The van der Waals surface area contributed by atoms with Gasteiger partial charge in [-0.25, -0.2) is 0 Å². The predicted molar refractivity (Wildman–Crippen MR) is 108 cm³/mol. The van der Waals surface area contributed by atoms with E-state index in [9.17, 15) is 4.79 Å². The van der Waals surface area contributed by atoms with Gasteiger partial charge in [0.25, 0.3) is 0 Å². The summed E-state index contributed by atoms with van der Waals surface area (Å²) >= 11 is 6.21. The van der Waals surface area contributed by atoms with Crippen LogP contribution in [0.1, 0.15) is 18.1 Å². The van der Waals surface area contributed by atoms with Crippen molar-refractivity contribution in [3.05, 3.63) is 52.7 Å². The van der Waals surface area contributed by atoms with Crippen LogP contribution in [0, 0.1) is 0 Å². The van der Waals surface area contributed by atoms with Crippen LogP contribution < -0.4 is 14.8 Å². The summed E-state index contributed by atoms with van der Waals surface area (Å²) in [6.07, 6.45) is 1.77. The first kappa shape index (κ1) is 19.9. The molecule has 1 aromatic heterocycles. The molecule has 1 N–H and O–H groups in total. The molecule has 148 valence electrons. The second-order valence-corrected chi connectivity index (χ2v) is 6.52. The molecule has 0 spiro atoms. The van der Waals surface area contributed by atoms with Gasteiger partial charge in [-0.05, 0) is 25.1 Å². The molecule has 3 rings (SSSR count). The molecule has 0 saturated carbocycles. The Kier molecular flexibility index (Phi) is 6.31. The number of halogens is 1. The van der Waals surface area contributed by atoms with Gasteiger partial charge in [0, 0.05) is 34.6 Å². The van der Waals surface area contributed by atoms with Crippen molar-refractivity contribution >= 4 is 34.2 Å². The Morgan fingerprint density at radius 1 is 1.21 bits per heavy atom. The number of carbonyl (C=O) groups is 1. The lowest BCUT2D eigenvalue weighted by Crippen LogP contribution is -2.09. The van der Waals surface area contributed by atoms with Crippen LogP contribution in [0.3, 0.4) is 0 Å². The van der Waals surface area contributed by atoms with Crippen LogP contribution in [0.5, 0.6) is 11.5 Å². The zero-order valence-corrected chi connectivity index (χ0v) is 16.8. The number of fused-ring (bicyclic) bond motifs is 1. The molecule has 0 radical (unpaired) electrons. The van der Waals surface area contributed by atoms with E-state index in [0.717, 1.165) is 22.2 Å². The number of benzene rings is 2. The molecule has 3 aromatic rings. The number of nitrogens with one attached hydrogen (secondary N) is 1. The lowest BCUT2D eigenvalue weighted by molar-refractivity contribution is -0.142. The fourth-order valence-electron chi connectivity index (χ4n) is 2.92. The van der Waals surface area contributed by atoms with Gasteiger partial charge in [0.05, 0.1) is 32.1 Å². The maximum atomic E-state index is 11.9. The summed E-state index contributed by atoms with van der Waals surface area (Å²) in [4.78, 5) is 11.9. The van der Waals surface area contributed by atoms with Crippen LogP contribution in [-0.4, -0.2) is 26.7 Å². The first-order valence-electron chi connectivity index (χ1n) is 8.88. The van der Waals surface area contributed by atoms with Crippen LogP contribution >= 0.6 is 11.6 Å². The molecule has 0 bridgehead atoms. The Bertz CT molecular complexity index is 982. The first-order chi connectivity index (χ1) is 13.5. The van der Waals surface area contributed by atoms with E-state index in [1.54, 1.807) is 44.6 Å². The lowest BCUT2D eigenvalue weighted by atomic mass is 10.1.